The molecule has 2 heterocycles. The summed E-state index contributed by atoms with van der Waals surface area (Å²) >= 11 is 12.3. The maximum atomic E-state index is 13.5. The number of nitrogens with zero attached hydrogens (tertiary/aromatic N) is 5. The van der Waals surface area contributed by atoms with Crippen LogP contribution in [0.2, 0.25) is 10.0 Å². The molecule has 0 aliphatic carbocycles. The lowest BCUT2D eigenvalue weighted by molar-refractivity contribution is 0.0743. The molecular weight excluding hydrogens is 481 g/mol. The number of rotatable bonds is 8. The SMILES string of the molecule is CCCN(Cc1c(C)nn(-c2ccccc2)c1N1CCN(CC)CC1)C(=O)c1ccc(Cl)c(Cl)c1. The minimum Gasteiger partial charge on any atom is -0.354 e. The van der Waals surface area contributed by atoms with Crippen molar-refractivity contribution in [3.8, 4) is 5.69 Å². The Bertz CT molecular complexity index is 1160. The molecule has 0 bridgehead atoms. The first-order valence-electron chi connectivity index (χ1n) is 12.3. The molecule has 6 nitrogen and oxygen atoms in total. The molecule has 0 unspecified atom stereocenters. The molecule has 3 aromatic rings. The van der Waals surface area contributed by atoms with E-state index in [1.54, 1.807) is 18.2 Å². The normalized spacial score (nSPS) is 14.4. The van der Waals surface area contributed by atoms with E-state index in [0.717, 1.165) is 61.9 Å². The first-order chi connectivity index (χ1) is 16.9. The molecule has 1 fully saturated rings. The van der Waals surface area contributed by atoms with Gasteiger partial charge in [-0.1, -0.05) is 55.2 Å². The van der Waals surface area contributed by atoms with E-state index < -0.39 is 0 Å². The van der Waals surface area contributed by atoms with Gasteiger partial charge in [-0.2, -0.15) is 5.10 Å². The number of hydrogen-bond donors (Lipinski definition) is 0. The van der Waals surface area contributed by atoms with Crippen LogP contribution in [0, 0.1) is 6.92 Å². The van der Waals surface area contributed by atoms with Crippen LogP contribution in [-0.2, 0) is 6.54 Å². The number of hydrogen-bond acceptors (Lipinski definition) is 4. The van der Waals surface area contributed by atoms with Crippen molar-refractivity contribution >= 4 is 34.9 Å². The van der Waals surface area contributed by atoms with Crippen molar-refractivity contribution in [2.24, 2.45) is 0 Å². The van der Waals surface area contributed by atoms with Crippen LogP contribution in [0.15, 0.2) is 48.5 Å². The van der Waals surface area contributed by atoms with Gasteiger partial charge in [-0.15, -0.1) is 0 Å². The number of para-hydroxylation sites is 1. The van der Waals surface area contributed by atoms with Gasteiger partial charge in [0.1, 0.15) is 5.82 Å². The summed E-state index contributed by atoms with van der Waals surface area (Å²) in [5.41, 5.74) is 3.58. The zero-order valence-corrected chi connectivity index (χ0v) is 22.2. The van der Waals surface area contributed by atoms with E-state index in [1.165, 1.54) is 0 Å². The van der Waals surface area contributed by atoms with Crippen molar-refractivity contribution in [1.29, 1.82) is 0 Å². The molecule has 1 saturated heterocycles. The van der Waals surface area contributed by atoms with Crippen LogP contribution in [0.1, 0.15) is 41.9 Å². The van der Waals surface area contributed by atoms with E-state index in [4.69, 9.17) is 28.3 Å². The third-order valence-electron chi connectivity index (χ3n) is 6.57. The van der Waals surface area contributed by atoms with Crippen LogP contribution < -0.4 is 4.90 Å². The highest BCUT2D eigenvalue weighted by Gasteiger charge is 2.27. The topological polar surface area (TPSA) is 44.6 Å². The van der Waals surface area contributed by atoms with E-state index in [9.17, 15) is 4.79 Å². The molecule has 8 heteroatoms. The Labute approximate surface area is 218 Å². The van der Waals surface area contributed by atoms with Crippen molar-refractivity contribution < 1.29 is 4.79 Å². The second kappa shape index (κ2) is 11.5. The Hall–Kier alpha value is -2.54. The van der Waals surface area contributed by atoms with E-state index >= 15 is 0 Å². The number of aromatic nitrogens is 2. The van der Waals surface area contributed by atoms with Crippen LogP contribution in [0.3, 0.4) is 0 Å². The molecule has 0 atom stereocenters. The molecule has 0 radical (unpaired) electrons. The number of likely N-dealkylation sites (N-methyl/N-ethyl adjacent to an activating group) is 1. The van der Waals surface area contributed by atoms with Gasteiger partial charge in [-0.3, -0.25) is 4.79 Å². The first-order valence-corrected chi connectivity index (χ1v) is 13.0. The largest absolute Gasteiger partial charge is 0.354 e. The van der Waals surface area contributed by atoms with Gasteiger partial charge in [0, 0.05) is 43.9 Å². The van der Waals surface area contributed by atoms with Crippen molar-refractivity contribution in [2.45, 2.75) is 33.7 Å². The molecule has 35 heavy (non-hydrogen) atoms. The molecule has 0 N–H and O–H groups in total. The minimum atomic E-state index is -0.0565. The fourth-order valence-corrected chi connectivity index (χ4v) is 4.91. The van der Waals surface area contributed by atoms with E-state index in [2.05, 4.69) is 35.8 Å². The molecule has 1 amide bonds. The second-order valence-electron chi connectivity index (χ2n) is 8.91. The summed E-state index contributed by atoms with van der Waals surface area (Å²) in [7, 11) is 0. The Morgan fingerprint density at radius 1 is 1.00 bits per heavy atom. The van der Waals surface area contributed by atoms with Crippen molar-refractivity contribution in [1.82, 2.24) is 19.6 Å². The van der Waals surface area contributed by atoms with Gasteiger partial charge in [0.2, 0.25) is 0 Å². The molecule has 186 valence electrons. The molecular formula is C27H33Cl2N5O. The fourth-order valence-electron chi connectivity index (χ4n) is 4.61. The summed E-state index contributed by atoms with van der Waals surface area (Å²) in [6.07, 6.45) is 0.851. The quantitative estimate of drug-likeness (QED) is 0.388. The van der Waals surface area contributed by atoms with E-state index in [1.807, 2.05) is 34.7 Å². The van der Waals surface area contributed by atoms with Gasteiger partial charge >= 0.3 is 0 Å². The number of amides is 1. The average molecular weight is 515 g/mol. The molecule has 4 rings (SSSR count). The second-order valence-corrected chi connectivity index (χ2v) is 9.73. The zero-order chi connectivity index (χ0) is 24.9. The predicted octanol–water partition coefficient (Wildman–Crippen LogP) is 5.68. The third kappa shape index (κ3) is 5.66. The van der Waals surface area contributed by atoms with Crippen LogP contribution in [0.25, 0.3) is 5.69 Å². The Kier molecular flexibility index (Phi) is 8.37. The predicted molar refractivity (Wildman–Crippen MR) is 144 cm³/mol. The summed E-state index contributed by atoms with van der Waals surface area (Å²) in [5.74, 6) is 1.02. The Morgan fingerprint density at radius 2 is 1.71 bits per heavy atom. The number of halogens is 2. The lowest BCUT2D eigenvalue weighted by Gasteiger charge is -2.36. The van der Waals surface area contributed by atoms with Crippen molar-refractivity contribution in [3.05, 3.63) is 75.4 Å². The highest BCUT2D eigenvalue weighted by Crippen LogP contribution is 2.31. The van der Waals surface area contributed by atoms with Gasteiger partial charge in [-0.05, 0) is 50.2 Å². The first kappa shape index (κ1) is 25.5. The number of aryl methyl sites for hydroxylation is 1. The van der Waals surface area contributed by atoms with Gasteiger partial charge in [-0.25, -0.2) is 4.68 Å². The monoisotopic (exact) mass is 513 g/mol. The maximum Gasteiger partial charge on any atom is 0.254 e. The minimum absolute atomic E-state index is 0.0565. The number of carbonyl (C=O) groups is 1. The summed E-state index contributed by atoms with van der Waals surface area (Å²) < 4.78 is 2.04. The van der Waals surface area contributed by atoms with Crippen LogP contribution in [-0.4, -0.2) is 64.8 Å². The fraction of sp³-hybridized carbons (Fsp3) is 0.407. The lowest BCUT2D eigenvalue weighted by atomic mass is 10.1. The van der Waals surface area contributed by atoms with Crippen LogP contribution >= 0.6 is 23.2 Å². The smallest absolute Gasteiger partial charge is 0.254 e. The maximum absolute atomic E-state index is 13.5. The van der Waals surface area contributed by atoms with Crippen LogP contribution in [0.5, 0.6) is 0 Å². The number of piperazine rings is 1. The molecule has 2 aromatic carbocycles. The highest BCUT2D eigenvalue weighted by atomic mass is 35.5. The van der Waals surface area contributed by atoms with Crippen LogP contribution in [0.4, 0.5) is 5.82 Å². The Morgan fingerprint density at radius 3 is 2.34 bits per heavy atom. The number of anilines is 1. The summed E-state index contributed by atoms with van der Waals surface area (Å²) in [5, 5.41) is 5.78. The van der Waals surface area contributed by atoms with Gasteiger partial charge in [0.25, 0.3) is 5.91 Å². The number of carbonyl (C=O) groups excluding carboxylic acids is 1. The molecule has 0 saturated carbocycles. The standard InChI is InChI=1S/C27H33Cl2N5O/c1-4-13-33(27(35)21-11-12-24(28)25(29)18-21)19-23-20(3)30-34(22-9-7-6-8-10-22)26(23)32-16-14-31(5-2)15-17-32/h6-12,18H,4-5,13-17,19H2,1-3H3. The highest BCUT2D eigenvalue weighted by molar-refractivity contribution is 6.42. The molecule has 1 aromatic heterocycles. The van der Waals surface area contributed by atoms with Crippen molar-refractivity contribution in [3.63, 3.8) is 0 Å². The molecule has 1 aliphatic rings. The molecule has 0 spiro atoms. The van der Waals surface area contributed by atoms with Crippen molar-refractivity contribution in [2.75, 3.05) is 44.2 Å². The van der Waals surface area contributed by atoms with E-state index in [-0.39, 0.29) is 5.91 Å². The van der Waals surface area contributed by atoms with Gasteiger partial charge in [0.15, 0.2) is 0 Å². The summed E-state index contributed by atoms with van der Waals surface area (Å²) in [4.78, 5) is 20.3. The third-order valence-corrected chi connectivity index (χ3v) is 7.31. The molecule has 1 aliphatic heterocycles. The zero-order valence-electron chi connectivity index (χ0n) is 20.7. The van der Waals surface area contributed by atoms with E-state index in [0.29, 0.717) is 28.7 Å². The average Bonchev–Trinajstić information content (AvgIpc) is 3.21. The van der Waals surface area contributed by atoms with Gasteiger partial charge in [0.05, 0.1) is 28.0 Å². The summed E-state index contributed by atoms with van der Waals surface area (Å²) in [6.45, 7) is 12.4. The Balaban J connectivity index is 1.72. The van der Waals surface area contributed by atoms with Gasteiger partial charge < -0.3 is 14.7 Å². The lowest BCUT2D eigenvalue weighted by Crippen LogP contribution is -2.47. The summed E-state index contributed by atoms with van der Waals surface area (Å²) in [6, 6.07) is 15.3. The number of benzene rings is 2.